The average molecular weight is 395 g/mol. The van der Waals surface area contributed by atoms with Crippen LogP contribution in [0.15, 0.2) is 29.2 Å². The molecule has 0 radical (unpaired) electrons. The van der Waals surface area contributed by atoms with Gasteiger partial charge in [-0.25, -0.2) is 13.1 Å². The van der Waals surface area contributed by atoms with Gasteiger partial charge < -0.3 is 9.64 Å². The van der Waals surface area contributed by atoms with Crippen molar-refractivity contribution in [3.05, 3.63) is 24.3 Å². The molecule has 1 saturated heterocycles. The Balaban J connectivity index is 1.46. The van der Waals surface area contributed by atoms with E-state index in [1.54, 1.807) is 31.4 Å². The Morgan fingerprint density at radius 3 is 2.33 bits per heavy atom. The number of nitrogens with one attached hydrogen (secondary N) is 1. The van der Waals surface area contributed by atoms with E-state index in [1.807, 2.05) is 4.90 Å². The molecule has 0 bridgehead atoms. The van der Waals surface area contributed by atoms with Crippen LogP contribution in [0.5, 0.6) is 5.75 Å². The number of carbonyl (C=O) groups excluding carboxylic acids is 1. The summed E-state index contributed by atoms with van der Waals surface area (Å²) >= 11 is 0. The minimum absolute atomic E-state index is 0.129. The number of sulfonamides is 1. The predicted molar refractivity (Wildman–Crippen MR) is 104 cm³/mol. The van der Waals surface area contributed by atoms with Crippen LogP contribution in [0.2, 0.25) is 0 Å². The van der Waals surface area contributed by atoms with Gasteiger partial charge in [0, 0.05) is 25.6 Å². The zero-order valence-electron chi connectivity index (χ0n) is 16.0. The number of likely N-dealkylation sites (tertiary alicyclic amines) is 1. The van der Waals surface area contributed by atoms with Gasteiger partial charge in [0.05, 0.1) is 12.0 Å². The number of methoxy groups -OCH3 is 1. The molecule has 1 amide bonds. The second kappa shape index (κ2) is 9.06. The Kier molecular flexibility index (Phi) is 6.76. The number of hydrogen-bond donors (Lipinski definition) is 1. The lowest BCUT2D eigenvalue weighted by Gasteiger charge is -2.32. The Morgan fingerprint density at radius 1 is 1.11 bits per heavy atom. The lowest BCUT2D eigenvalue weighted by Crippen LogP contribution is -2.46. The highest BCUT2D eigenvalue weighted by atomic mass is 32.2. The van der Waals surface area contributed by atoms with Crippen LogP contribution in [0.3, 0.4) is 0 Å². The average Bonchev–Trinajstić information content (AvgIpc) is 3.20. The number of piperidine rings is 1. The first-order valence-electron chi connectivity index (χ1n) is 9.92. The summed E-state index contributed by atoms with van der Waals surface area (Å²) in [6.07, 6.45) is 8.09. The normalized spacial score (nSPS) is 19.4. The third kappa shape index (κ3) is 5.45. The molecule has 1 aliphatic heterocycles. The van der Waals surface area contributed by atoms with E-state index in [0.29, 0.717) is 38.1 Å². The number of rotatable bonds is 7. The third-order valence-electron chi connectivity index (χ3n) is 5.78. The fraction of sp³-hybridized carbons (Fsp3) is 0.650. The molecule has 1 aromatic carbocycles. The molecule has 1 heterocycles. The van der Waals surface area contributed by atoms with Crippen molar-refractivity contribution in [3.63, 3.8) is 0 Å². The van der Waals surface area contributed by atoms with E-state index in [0.717, 1.165) is 12.3 Å². The summed E-state index contributed by atoms with van der Waals surface area (Å²) < 4.78 is 32.9. The maximum Gasteiger partial charge on any atom is 0.240 e. The van der Waals surface area contributed by atoms with Crippen LogP contribution in [0.4, 0.5) is 0 Å². The largest absolute Gasteiger partial charge is 0.497 e. The summed E-state index contributed by atoms with van der Waals surface area (Å²) in [5.74, 6) is 1.57. The van der Waals surface area contributed by atoms with E-state index in [-0.39, 0.29) is 16.8 Å². The van der Waals surface area contributed by atoms with Gasteiger partial charge in [0.15, 0.2) is 0 Å². The summed E-state index contributed by atoms with van der Waals surface area (Å²) in [6.45, 7) is 1.25. The predicted octanol–water partition coefficient (Wildman–Crippen LogP) is 2.93. The van der Waals surface area contributed by atoms with Gasteiger partial charge in [-0.15, -0.1) is 0 Å². The van der Waals surface area contributed by atoms with Crippen molar-refractivity contribution in [3.8, 4) is 5.75 Å². The van der Waals surface area contributed by atoms with Crippen LogP contribution in [0.25, 0.3) is 0 Å². The van der Waals surface area contributed by atoms with Gasteiger partial charge in [-0.1, -0.05) is 25.7 Å². The molecule has 6 nitrogen and oxygen atoms in total. The van der Waals surface area contributed by atoms with E-state index >= 15 is 0 Å². The summed E-state index contributed by atoms with van der Waals surface area (Å²) in [7, 11) is -2.01. The van der Waals surface area contributed by atoms with Gasteiger partial charge in [-0.05, 0) is 49.4 Å². The molecule has 150 valence electrons. The summed E-state index contributed by atoms with van der Waals surface area (Å²) in [5.41, 5.74) is 0. The molecule has 0 unspecified atom stereocenters. The Morgan fingerprint density at radius 2 is 1.74 bits per heavy atom. The molecule has 1 aliphatic carbocycles. The van der Waals surface area contributed by atoms with Gasteiger partial charge >= 0.3 is 0 Å². The molecule has 2 fully saturated rings. The van der Waals surface area contributed by atoms with Crippen LogP contribution in [0, 0.1) is 5.92 Å². The van der Waals surface area contributed by atoms with Crippen LogP contribution in [-0.4, -0.2) is 45.5 Å². The molecular weight excluding hydrogens is 364 g/mol. The number of nitrogens with zero attached hydrogens (tertiary/aromatic N) is 1. The van der Waals surface area contributed by atoms with Crippen molar-refractivity contribution >= 4 is 15.9 Å². The first kappa shape index (κ1) is 20.1. The van der Waals surface area contributed by atoms with Crippen LogP contribution in [0.1, 0.15) is 51.4 Å². The highest BCUT2D eigenvalue weighted by molar-refractivity contribution is 7.89. The van der Waals surface area contributed by atoms with Gasteiger partial charge in [-0.3, -0.25) is 4.79 Å². The fourth-order valence-electron chi connectivity index (χ4n) is 4.07. The topological polar surface area (TPSA) is 75.7 Å². The Bertz CT molecular complexity index is 719. The molecule has 3 rings (SSSR count). The standard InChI is InChI=1S/C20H30N2O4S/c1-26-18-7-9-19(10-8-18)27(24,25)21-17-12-14-22(15-13-17)20(23)11-6-16-4-2-3-5-16/h7-10,16-17,21H,2-6,11-15H2,1H3. The second-order valence-electron chi connectivity index (χ2n) is 7.64. The van der Waals surface area contributed by atoms with Crippen molar-refractivity contribution in [2.45, 2.75) is 62.3 Å². The molecule has 2 aliphatic rings. The number of ether oxygens (including phenoxy) is 1. The molecule has 1 N–H and O–H groups in total. The number of benzene rings is 1. The minimum Gasteiger partial charge on any atom is -0.497 e. The molecule has 0 aromatic heterocycles. The summed E-state index contributed by atoms with van der Waals surface area (Å²) in [5, 5.41) is 0. The number of carbonyl (C=O) groups is 1. The minimum atomic E-state index is -3.55. The van der Waals surface area contributed by atoms with E-state index in [2.05, 4.69) is 4.72 Å². The van der Waals surface area contributed by atoms with E-state index in [9.17, 15) is 13.2 Å². The highest BCUT2D eigenvalue weighted by Crippen LogP contribution is 2.29. The maximum absolute atomic E-state index is 12.5. The van der Waals surface area contributed by atoms with Gasteiger partial charge in [0.1, 0.15) is 5.75 Å². The summed E-state index contributed by atoms with van der Waals surface area (Å²) in [4.78, 5) is 14.5. The smallest absolute Gasteiger partial charge is 0.240 e. The van der Waals surface area contributed by atoms with Crippen molar-refractivity contribution in [1.29, 1.82) is 0 Å². The van der Waals surface area contributed by atoms with E-state index in [4.69, 9.17) is 4.74 Å². The molecule has 1 aromatic rings. The lowest BCUT2D eigenvalue weighted by molar-refractivity contribution is -0.132. The fourth-order valence-corrected chi connectivity index (χ4v) is 5.38. The van der Waals surface area contributed by atoms with E-state index < -0.39 is 10.0 Å². The van der Waals surface area contributed by atoms with Crippen LogP contribution < -0.4 is 9.46 Å². The second-order valence-corrected chi connectivity index (χ2v) is 9.36. The van der Waals surface area contributed by atoms with Crippen molar-refractivity contribution in [2.24, 2.45) is 5.92 Å². The zero-order chi connectivity index (χ0) is 19.3. The summed E-state index contributed by atoms with van der Waals surface area (Å²) in [6, 6.07) is 6.24. The Labute approximate surface area is 162 Å². The van der Waals surface area contributed by atoms with Gasteiger partial charge in [-0.2, -0.15) is 0 Å². The van der Waals surface area contributed by atoms with Crippen molar-refractivity contribution in [1.82, 2.24) is 9.62 Å². The molecule has 7 heteroatoms. The maximum atomic E-state index is 12.5. The first-order valence-corrected chi connectivity index (χ1v) is 11.4. The quantitative estimate of drug-likeness (QED) is 0.771. The Hall–Kier alpha value is -1.60. The van der Waals surface area contributed by atoms with Crippen molar-refractivity contribution in [2.75, 3.05) is 20.2 Å². The van der Waals surface area contributed by atoms with Gasteiger partial charge in [0.2, 0.25) is 15.9 Å². The molecule has 1 saturated carbocycles. The van der Waals surface area contributed by atoms with Crippen molar-refractivity contribution < 1.29 is 17.9 Å². The molecular formula is C20H30N2O4S. The molecule has 0 spiro atoms. The zero-order valence-corrected chi connectivity index (χ0v) is 16.8. The molecule has 0 atom stereocenters. The SMILES string of the molecule is COc1ccc(S(=O)(=O)NC2CCN(C(=O)CCC3CCCC3)CC2)cc1. The number of hydrogen-bond acceptors (Lipinski definition) is 4. The lowest BCUT2D eigenvalue weighted by atomic mass is 10.0. The third-order valence-corrected chi connectivity index (χ3v) is 7.32. The number of amides is 1. The van der Waals surface area contributed by atoms with Gasteiger partial charge in [0.25, 0.3) is 0 Å². The molecule has 27 heavy (non-hydrogen) atoms. The van der Waals surface area contributed by atoms with Crippen LogP contribution >= 0.6 is 0 Å². The first-order chi connectivity index (χ1) is 13.0. The van der Waals surface area contributed by atoms with E-state index in [1.165, 1.54) is 25.7 Å². The highest BCUT2D eigenvalue weighted by Gasteiger charge is 2.27. The monoisotopic (exact) mass is 394 g/mol. The van der Waals surface area contributed by atoms with Crippen LogP contribution in [-0.2, 0) is 14.8 Å².